The minimum atomic E-state index is -3.82. The van der Waals surface area contributed by atoms with Gasteiger partial charge in [0.25, 0.3) is 0 Å². The number of ether oxygens (including phenoxy) is 1. The fraction of sp³-hybridized carbons (Fsp3) is 0.238. The second-order valence-electron chi connectivity index (χ2n) is 6.97. The van der Waals surface area contributed by atoms with E-state index in [9.17, 15) is 17.2 Å². The molecular formula is C21H20F2N4O3S. The molecule has 2 heterocycles. The van der Waals surface area contributed by atoms with Crippen LogP contribution in [0.2, 0.25) is 0 Å². The van der Waals surface area contributed by atoms with Crippen molar-refractivity contribution in [3.05, 3.63) is 66.2 Å². The van der Waals surface area contributed by atoms with E-state index in [0.717, 1.165) is 11.6 Å². The Morgan fingerprint density at radius 3 is 2.19 bits per heavy atom. The van der Waals surface area contributed by atoms with E-state index >= 15 is 0 Å². The Balaban J connectivity index is 1.43. The van der Waals surface area contributed by atoms with Gasteiger partial charge in [-0.05, 0) is 54.6 Å². The molecule has 1 aliphatic heterocycles. The lowest BCUT2D eigenvalue weighted by molar-refractivity contribution is 0.379. The Morgan fingerprint density at radius 2 is 1.61 bits per heavy atom. The number of aromatic nitrogens is 2. The lowest BCUT2D eigenvalue weighted by Gasteiger charge is -2.34. The predicted molar refractivity (Wildman–Crippen MR) is 111 cm³/mol. The molecule has 0 atom stereocenters. The van der Waals surface area contributed by atoms with E-state index in [1.54, 1.807) is 24.3 Å². The van der Waals surface area contributed by atoms with Crippen LogP contribution in [-0.2, 0) is 10.0 Å². The van der Waals surface area contributed by atoms with Gasteiger partial charge in [0.1, 0.15) is 5.82 Å². The second kappa shape index (κ2) is 8.56. The molecular weight excluding hydrogens is 426 g/mol. The number of methoxy groups -OCH3 is 1. The Hall–Kier alpha value is -3.11. The highest BCUT2D eigenvalue weighted by molar-refractivity contribution is 7.89. The maximum atomic E-state index is 14.0. The van der Waals surface area contributed by atoms with E-state index in [1.165, 1.54) is 35.7 Å². The molecule has 3 aromatic rings. The first-order valence-electron chi connectivity index (χ1n) is 9.57. The monoisotopic (exact) mass is 446 g/mol. The van der Waals surface area contributed by atoms with Gasteiger partial charge >= 0.3 is 0 Å². The molecule has 0 amide bonds. The van der Waals surface area contributed by atoms with Crippen molar-refractivity contribution in [3.8, 4) is 17.0 Å². The van der Waals surface area contributed by atoms with Gasteiger partial charge in [-0.15, -0.1) is 10.2 Å². The van der Waals surface area contributed by atoms with Crippen LogP contribution in [-0.4, -0.2) is 56.2 Å². The third-order valence-electron chi connectivity index (χ3n) is 5.11. The first-order valence-corrected chi connectivity index (χ1v) is 11.0. The zero-order valence-corrected chi connectivity index (χ0v) is 17.5. The fourth-order valence-corrected chi connectivity index (χ4v) is 4.82. The largest absolute Gasteiger partial charge is 0.494 e. The van der Waals surface area contributed by atoms with Crippen LogP contribution in [0.4, 0.5) is 14.6 Å². The van der Waals surface area contributed by atoms with Gasteiger partial charge in [-0.1, -0.05) is 0 Å². The van der Waals surface area contributed by atoms with E-state index in [1.807, 2.05) is 4.90 Å². The number of halogens is 2. The molecule has 0 spiro atoms. The maximum Gasteiger partial charge on any atom is 0.243 e. The fourth-order valence-electron chi connectivity index (χ4n) is 3.38. The van der Waals surface area contributed by atoms with Crippen LogP contribution in [0, 0.1) is 11.6 Å². The van der Waals surface area contributed by atoms with Crippen LogP contribution < -0.4 is 9.64 Å². The number of nitrogens with zero attached hydrogens (tertiary/aromatic N) is 4. The topological polar surface area (TPSA) is 75.6 Å². The first-order chi connectivity index (χ1) is 14.9. The van der Waals surface area contributed by atoms with Crippen molar-refractivity contribution in [2.45, 2.75) is 4.90 Å². The summed E-state index contributed by atoms with van der Waals surface area (Å²) >= 11 is 0. The van der Waals surface area contributed by atoms with Crippen molar-refractivity contribution < 1.29 is 21.9 Å². The summed E-state index contributed by atoms with van der Waals surface area (Å²) < 4.78 is 58.9. The molecule has 7 nitrogen and oxygen atoms in total. The number of hydrogen-bond acceptors (Lipinski definition) is 6. The maximum absolute atomic E-state index is 14.0. The predicted octanol–water partition coefficient (Wildman–Crippen LogP) is 2.94. The van der Waals surface area contributed by atoms with E-state index in [4.69, 9.17) is 4.74 Å². The number of hydrogen-bond donors (Lipinski definition) is 0. The molecule has 4 rings (SSSR count). The third-order valence-corrected chi connectivity index (χ3v) is 7.01. The van der Waals surface area contributed by atoms with Gasteiger partial charge in [0.15, 0.2) is 17.4 Å². The second-order valence-corrected chi connectivity index (χ2v) is 8.91. The lowest BCUT2D eigenvalue weighted by atomic mass is 10.1. The lowest BCUT2D eigenvalue weighted by Crippen LogP contribution is -2.49. The molecule has 0 unspecified atom stereocenters. The van der Waals surface area contributed by atoms with Gasteiger partial charge in [-0.25, -0.2) is 17.2 Å². The number of piperazine rings is 1. The van der Waals surface area contributed by atoms with Gasteiger partial charge < -0.3 is 9.64 Å². The van der Waals surface area contributed by atoms with Crippen LogP contribution in [0.25, 0.3) is 11.3 Å². The molecule has 162 valence electrons. The Labute approximate surface area is 178 Å². The normalized spacial score (nSPS) is 15.1. The van der Waals surface area contributed by atoms with Crippen LogP contribution in [0.15, 0.2) is 59.5 Å². The van der Waals surface area contributed by atoms with E-state index in [0.29, 0.717) is 24.6 Å². The number of sulfonamides is 1. The van der Waals surface area contributed by atoms with Gasteiger partial charge in [-0.3, -0.25) is 0 Å². The molecule has 0 N–H and O–H groups in total. The Kier molecular flexibility index (Phi) is 5.84. The van der Waals surface area contributed by atoms with Crippen LogP contribution in [0.5, 0.6) is 5.75 Å². The molecule has 1 aliphatic rings. The molecule has 0 saturated carbocycles. The number of rotatable bonds is 5. The minimum Gasteiger partial charge on any atom is -0.494 e. The summed E-state index contributed by atoms with van der Waals surface area (Å²) in [4.78, 5) is 1.82. The summed E-state index contributed by atoms with van der Waals surface area (Å²) in [5.41, 5.74) is 1.37. The van der Waals surface area contributed by atoms with Gasteiger partial charge in [0.05, 0.1) is 17.7 Å². The Bertz CT molecular complexity index is 1160. The van der Waals surface area contributed by atoms with E-state index in [-0.39, 0.29) is 29.6 Å². The SMILES string of the molecule is COc1ccc(S(=O)(=O)N2CCN(c3ccc(-c4ccc(F)cc4)nn3)CC2)cc1F. The number of anilines is 1. The van der Waals surface area contributed by atoms with Gasteiger partial charge in [0, 0.05) is 31.7 Å². The van der Waals surface area contributed by atoms with Crippen molar-refractivity contribution in [1.29, 1.82) is 0 Å². The molecule has 0 bridgehead atoms. The molecule has 2 aromatic carbocycles. The highest BCUT2D eigenvalue weighted by atomic mass is 32.2. The van der Waals surface area contributed by atoms with Crippen LogP contribution in [0.3, 0.4) is 0 Å². The van der Waals surface area contributed by atoms with Crippen molar-refractivity contribution >= 4 is 15.8 Å². The van der Waals surface area contributed by atoms with Crippen LogP contribution in [0.1, 0.15) is 0 Å². The number of benzene rings is 2. The molecule has 1 aromatic heterocycles. The van der Waals surface area contributed by atoms with E-state index < -0.39 is 15.8 Å². The van der Waals surface area contributed by atoms with Crippen LogP contribution >= 0.6 is 0 Å². The Morgan fingerprint density at radius 1 is 0.903 bits per heavy atom. The zero-order chi connectivity index (χ0) is 22.0. The van der Waals surface area contributed by atoms with Crippen molar-refractivity contribution in [2.24, 2.45) is 0 Å². The molecule has 1 fully saturated rings. The molecule has 10 heteroatoms. The van der Waals surface area contributed by atoms with Crippen molar-refractivity contribution in [3.63, 3.8) is 0 Å². The zero-order valence-electron chi connectivity index (χ0n) is 16.7. The van der Waals surface area contributed by atoms with Gasteiger partial charge in [0.2, 0.25) is 10.0 Å². The quantitative estimate of drug-likeness (QED) is 0.600. The molecule has 1 saturated heterocycles. The van der Waals surface area contributed by atoms with Crippen molar-refractivity contribution in [1.82, 2.24) is 14.5 Å². The summed E-state index contributed by atoms with van der Waals surface area (Å²) in [7, 11) is -2.50. The smallest absolute Gasteiger partial charge is 0.243 e. The molecule has 0 radical (unpaired) electrons. The average Bonchev–Trinajstić information content (AvgIpc) is 2.80. The summed E-state index contributed by atoms with van der Waals surface area (Å²) in [6, 6.07) is 13.2. The highest BCUT2D eigenvalue weighted by Crippen LogP contribution is 2.25. The standard InChI is InChI=1S/C21H20F2N4O3S/c1-30-20-8-6-17(14-18(20)23)31(28,29)27-12-10-26(11-13-27)21-9-7-19(24-25-21)15-2-4-16(22)5-3-15/h2-9,14H,10-13H2,1H3. The van der Waals surface area contributed by atoms with E-state index in [2.05, 4.69) is 10.2 Å². The minimum absolute atomic E-state index is 0.00794. The first kappa shape index (κ1) is 21.1. The summed E-state index contributed by atoms with van der Waals surface area (Å²) in [6.45, 7) is 1.31. The van der Waals surface area contributed by atoms with Crippen molar-refractivity contribution in [2.75, 3.05) is 38.2 Å². The molecule has 0 aliphatic carbocycles. The average molecular weight is 446 g/mol. The third kappa shape index (κ3) is 4.35. The summed E-state index contributed by atoms with van der Waals surface area (Å²) in [6.07, 6.45) is 0. The summed E-state index contributed by atoms with van der Waals surface area (Å²) in [5.74, 6) is -0.429. The van der Waals surface area contributed by atoms with Gasteiger partial charge in [-0.2, -0.15) is 4.31 Å². The molecule has 31 heavy (non-hydrogen) atoms. The summed E-state index contributed by atoms with van der Waals surface area (Å²) in [5, 5.41) is 8.42. The highest BCUT2D eigenvalue weighted by Gasteiger charge is 2.29.